The van der Waals surface area contributed by atoms with Crippen molar-refractivity contribution in [2.45, 2.75) is 77.5 Å². The van der Waals surface area contributed by atoms with Gasteiger partial charge in [-0.25, -0.2) is 4.39 Å². The fraction of sp³-hybridized carbons (Fsp3) is 0.448. The molecule has 1 fully saturated rings. The standard InChI is InChI=1S/C29H34FNO4/c1-29(2,3)35-27(32)18-31-17-25(23-16-22(30)13-14-26(23)31)24(15-20-9-7-8-10-20)28(33)34-19-21-11-5-4-6-12-21/h4-6,11-14,16-17,20,24H,7-10,15,18-19H2,1-3H3. The molecule has 0 amide bonds. The highest BCUT2D eigenvalue weighted by Crippen LogP contribution is 2.38. The van der Waals surface area contributed by atoms with Gasteiger partial charge < -0.3 is 14.0 Å². The van der Waals surface area contributed by atoms with Crippen molar-refractivity contribution in [1.29, 1.82) is 0 Å². The summed E-state index contributed by atoms with van der Waals surface area (Å²) in [5.41, 5.74) is 1.70. The Hall–Kier alpha value is -3.15. The number of benzene rings is 2. The first-order chi connectivity index (χ1) is 16.7. The SMILES string of the molecule is CC(C)(C)OC(=O)Cn1cc(C(CC2CCCC2)C(=O)OCc2ccccc2)c2cc(F)ccc21. The number of halogens is 1. The lowest BCUT2D eigenvalue weighted by Gasteiger charge is -2.20. The molecule has 6 heteroatoms. The Balaban J connectivity index is 1.66. The lowest BCUT2D eigenvalue weighted by Crippen LogP contribution is -2.26. The summed E-state index contributed by atoms with van der Waals surface area (Å²) in [5.74, 6) is -1.20. The third kappa shape index (κ3) is 6.50. The van der Waals surface area contributed by atoms with Crippen LogP contribution in [0.25, 0.3) is 10.9 Å². The summed E-state index contributed by atoms with van der Waals surface area (Å²) in [5, 5.41) is 0.633. The summed E-state index contributed by atoms with van der Waals surface area (Å²) < 4.78 is 27.3. The number of carbonyl (C=O) groups is 2. The molecular weight excluding hydrogens is 445 g/mol. The molecule has 0 spiro atoms. The molecule has 1 aliphatic carbocycles. The fourth-order valence-corrected chi connectivity index (χ4v) is 4.98. The number of esters is 2. The lowest BCUT2D eigenvalue weighted by molar-refractivity contribution is -0.155. The summed E-state index contributed by atoms with van der Waals surface area (Å²) in [6, 6.07) is 14.0. The molecule has 1 aromatic heterocycles. The van der Waals surface area contributed by atoms with Crippen LogP contribution < -0.4 is 0 Å². The molecule has 186 valence electrons. The maximum Gasteiger partial charge on any atom is 0.326 e. The van der Waals surface area contributed by atoms with Crippen LogP contribution in [0.3, 0.4) is 0 Å². The second kappa shape index (κ2) is 10.6. The van der Waals surface area contributed by atoms with E-state index >= 15 is 0 Å². The average Bonchev–Trinajstić information content (AvgIpc) is 3.43. The van der Waals surface area contributed by atoms with Crippen LogP contribution in [-0.4, -0.2) is 22.1 Å². The van der Waals surface area contributed by atoms with Crippen molar-refractivity contribution in [3.05, 3.63) is 71.7 Å². The van der Waals surface area contributed by atoms with E-state index in [0.717, 1.165) is 31.2 Å². The molecule has 0 radical (unpaired) electrons. The van der Waals surface area contributed by atoms with Crippen molar-refractivity contribution in [3.8, 4) is 0 Å². The van der Waals surface area contributed by atoms with Crippen LogP contribution in [0.15, 0.2) is 54.7 Å². The van der Waals surface area contributed by atoms with E-state index in [1.165, 1.54) is 12.1 Å². The maximum absolute atomic E-state index is 14.3. The second-order valence-electron chi connectivity index (χ2n) is 10.5. The zero-order valence-electron chi connectivity index (χ0n) is 20.8. The maximum atomic E-state index is 14.3. The van der Waals surface area contributed by atoms with E-state index in [0.29, 0.717) is 28.8 Å². The highest BCUT2D eigenvalue weighted by molar-refractivity contribution is 5.91. The zero-order chi connectivity index (χ0) is 25.0. The number of ether oxygens (including phenoxy) is 2. The van der Waals surface area contributed by atoms with Gasteiger partial charge >= 0.3 is 11.9 Å². The first kappa shape index (κ1) is 25.0. The number of hydrogen-bond acceptors (Lipinski definition) is 4. The normalized spacial score (nSPS) is 15.3. The molecule has 0 saturated heterocycles. The molecule has 4 rings (SSSR count). The smallest absolute Gasteiger partial charge is 0.326 e. The Morgan fingerprint density at radius 3 is 2.49 bits per heavy atom. The van der Waals surface area contributed by atoms with Crippen molar-refractivity contribution in [1.82, 2.24) is 4.57 Å². The van der Waals surface area contributed by atoms with Crippen LogP contribution >= 0.6 is 0 Å². The molecule has 0 aliphatic heterocycles. The summed E-state index contributed by atoms with van der Waals surface area (Å²) >= 11 is 0. The van der Waals surface area contributed by atoms with Crippen LogP contribution in [0.5, 0.6) is 0 Å². The van der Waals surface area contributed by atoms with Gasteiger partial charge in [-0.1, -0.05) is 56.0 Å². The van der Waals surface area contributed by atoms with Crippen molar-refractivity contribution in [2.75, 3.05) is 0 Å². The minimum Gasteiger partial charge on any atom is -0.460 e. The Morgan fingerprint density at radius 2 is 1.80 bits per heavy atom. The molecule has 2 aromatic carbocycles. The van der Waals surface area contributed by atoms with Gasteiger partial charge in [0.25, 0.3) is 0 Å². The van der Waals surface area contributed by atoms with Gasteiger partial charge in [0.2, 0.25) is 0 Å². The Bertz CT molecular complexity index is 1170. The monoisotopic (exact) mass is 479 g/mol. The second-order valence-corrected chi connectivity index (χ2v) is 10.5. The van der Waals surface area contributed by atoms with Gasteiger partial charge in [0.05, 0.1) is 5.92 Å². The number of carbonyl (C=O) groups excluding carboxylic acids is 2. The van der Waals surface area contributed by atoms with Crippen molar-refractivity contribution in [2.24, 2.45) is 5.92 Å². The van der Waals surface area contributed by atoms with Gasteiger partial charge in [-0.15, -0.1) is 0 Å². The molecule has 1 heterocycles. The highest BCUT2D eigenvalue weighted by Gasteiger charge is 2.31. The van der Waals surface area contributed by atoms with E-state index in [1.807, 2.05) is 51.1 Å². The number of rotatable bonds is 8. The van der Waals surface area contributed by atoms with Crippen LogP contribution in [0.1, 0.15) is 69.9 Å². The van der Waals surface area contributed by atoms with Crippen molar-refractivity contribution in [3.63, 3.8) is 0 Å². The molecule has 5 nitrogen and oxygen atoms in total. The average molecular weight is 480 g/mol. The molecule has 1 atom stereocenters. The molecule has 35 heavy (non-hydrogen) atoms. The van der Waals surface area contributed by atoms with Gasteiger partial charge in [-0.3, -0.25) is 9.59 Å². The Morgan fingerprint density at radius 1 is 1.09 bits per heavy atom. The van der Waals surface area contributed by atoms with Gasteiger partial charge in [0.15, 0.2) is 0 Å². The third-order valence-corrected chi connectivity index (χ3v) is 6.52. The first-order valence-corrected chi connectivity index (χ1v) is 12.4. The van der Waals surface area contributed by atoms with Crippen molar-refractivity contribution < 1.29 is 23.5 Å². The molecular formula is C29H34FNO4. The molecule has 1 unspecified atom stereocenters. The summed E-state index contributed by atoms with van der Waals surface area (Å²) in [6.45, 7) is 5.62. The minimum absolute atomic E-state index is 0.0192. The zero-order valence-corrected chi connectivity index (χ0v) is 20.8. The van der Waals surface area contributed by atoms with Crippen LogP contribution in [0, 0.1) is 11.7 Å². The quantitative estimate of drug-likeness (QED) is 0.345. The van der Waals surface area contributed by atoms with E-state index < -0.39 is 11.5 Å². The van der Waals surface area contributed by atoms with E-state index in [4.69, 9.17) is 9.47 Å². The number of aromatic nitrogens is 1. The molecule has 0 N–H and O–H groups in total. The number of hydrogen-bond donors (Lipinski definition) is 0. The van der Waals surface area contributed by atoms with Gasteiger partial charge in [0, 0.05) is 17.1 Å². The number of fused-ring (bicyclic) bond motifs is 1. The summed E-state index contributed by atoms with van der Waals surface area (Å²) in [7, 11) is 0. The fourth-order valence-electron chi connectivity index (χ4n) is 4.98. The van der Waals surface area contributed by atoms with E-state index in [-0.39, 0.29) is 30.9 Å². The van der Waals surface area contributed by atoms with E-state index in [1.54, 1.807) is 16.8 Å². The number of nitrogens with zero attached hydrogens (tertiary/aromatic N) is 1. The molecule has 1 saturated carbocycles. The molecule has 3 aromatic rings. The van der Waals surface area contributed by atoms with Crippen LogP contribution in [0.4, 0.5) is 4.39 Å². The van der Waals surface area contributed by atoms with Crippen molar-refractivity contribution >= 4 is 22.8 Å². The Kier molecular flexibility index (Phi) is 7.58. The largest absolute Gasteiger partial charge is 0.460 e. The minimum atomic E-state index is -0.610. The first-order valence-electron chi connectivity index (χ1n) is 12.4. The molecule has 1 aliphatic rings. The van der Waals surface area contributed by atoms with E-state index in [2.05, 4.69) is 0 Å². The summed E-state index contributed by atoms with van der Waals surface area (Å²) in [6.07, 6.45) is 6.92. The Labute approximate surface area is 206 Å². The van der Waals surface area contributed by atoms with Gasteiger partial charge in [-0.05, 0) is 62.4 Å². The third-order valence-electron chi connectivity index (χ3n) is 6.52. The van der Waals surface area contributed by atoms with Crippen LogP contribution in [-0.2, 0) is 32.2 Å². The summed E-state index contributed by atoms with van der Waals surface area (Å²) in [4.78, 5) is 26.0. The van der Waals surface area contributed by atoms with Crippen LogP contribution in [0.2, 0.25) is 0 Å². The highest BCUT2D eigenvalue weighted by atomic mass is 19.1. The van der Waals surface area contributed by atoms with E-state index in [9.17, 15) is 14.0 Å². The molecule has 0 bridgehead atoms. The topological polar surface area (TPSA) is 57.5 Å². The van der Waals surface area contributed by atoms with Gasteiger partial charge in [0.1, 0.15) is 24.6 Å². The predicted molar refractivity (Wildman–Crippen MR) is 133 cm³/mol. The predicted octanol–water partition coefficient (Wildman–Crippen LogP) is 6.53. The van der Waals surface area contributed by atoms with Gasteiger partial charge in [-0.2, -0.15) is 0 Å². The lowest BCUT2D eigenvalue weighted by atomic mass is 9.87.